The van der Waals surface area contributed by atoms with Gasteiger partial charge in [-0.1, -0.05) is 22.0 Å². The smallest absolute Gasteiger partial charge is 0.150 e. The van der Waals surface area contributed by atoms with Gasteiger partial charge in [-0.2, -0.15) is 0 Å². The molecule has 0 radical (unpaired) electrons. The fourth-order valence-corrected chi connectivity index (χ4v) is 3.10. The maximum absolute atomic E-state index is 6.11. The highest BCUT2D eigenvalue weighted by molar-refractivity contribution is 9.10. The van der Waals surface area contributed by atoms with Gasteiger partial charge in [-0.3, -0.25) is 4.57 Å². The van der Waals surface area contributed by atoms with Gasteiger partial charge in [0.1, 0.15) is 11.6 Å². The number of rotatable bonds is 1. The van der Waals surface area contributed by atoms with E-state index >= 15 is 0 Å². The number of aryl methyl sites for hydroxylation is 2. The molecule has 4 nitrogen and oxygen atoms in total. The summed E-state index contributed by atoms with van der Waals surface area (Å²) in [6.45, 7) is 8.12. The first-order valence-electron chi connectivity index (χ1n) is 6.79. The van der Waals surface area contributed by atoms with Crippen LogP contribution in [0.15, 0.2) is 22.7 Å². The first-order valence-corrected chi connectivity index (χ1v) is 7.58. The topological polar surface area (TPSA) is 56.7 Å². The number of benzene rings is 1. The number of aromatic nitrogens is 3. The zero-order chi connectivity index (χ0) is 15.3. The first kappa shape index (κ1) is 14.1. The Morgan fingerprint density at radius 3 is 2.48 bits per heavy atom. The van der Waals surface area contributed by atoms with E-state index in [-0.39, 0.29) is 0 Å². The third kappa shape index (κ3) is 2.03. The molecule has 21 heavy (non-hydrogen) atoms. The molecule has 3 rings (SSSR count). The summed E-state index contributed by atoms with van der Waals surface area (Å²) in [7, 11) is 0. The van der Waals surface area contributed by atoms with E-state index < -0.39 is 0 Å². The lowest BCUT2D eigenvalue weighted by atomic mass is 10.2. The SMILES string of the molecule is Cc1nc(N)c2c(C)c(C)n(-c3cccc(Br)c3C)c2n1. The molecular formula is C16H17BrN4. The molecule has 0 bridgehead atoms. The van der Waals surface area contributed by atoms with Gasteiger partial charge in [0.2, 0.25) is 0 Å². The normalized spacial score (nSPS) is 11.3. The number of fused-ring (bicyclic) bond motifs is 1. The van der Waals surface area contributed by atoms with E-state index in [2.05, 4.69) is 57.3 Å². The van der Waals surface area contributed by atoms with Crippen LogP contribution >= 0.6 is 15.9 Å². The molecule has 0 aliphatic rings. The second-order valence-corrected chi connectivity index (χ2v) is 6.14. The van der Waals surface area contributed by atoms with Crippen molar-refractivity contribution < 1.29 is 0 Å². The summed E-state index contributed by atoms with van der Waals surface area (Å²) in [5.74, 6) is 1.23. The minimum atomic E-state index is 0.546. The fraction of sp³-hybridized carbons (Fsp3) is 0.250. The van der Waals surface area contributed by atoms with Gasteiger partial charge < -0.3 is 5.73 Å². The molecule has 2 N–H and O–H groups in total. The Balaban J connectivity index is 2.48. The van der Waals surface area contributed by atoms with E-state index in [0.717, 1.165) is 32.5 Å². The minimum Gasteiger partial charge on any atom is -0.383 e. The quantitative estimate of drug-likeness (QED) is 0.725. The highest BCUT2D eigenvalue weighted by atomic mass is 79.9. The average Bonchev–Trinajstić information content (AvgIpc) is 2.66. The zero-order valence-corrected chi connectivity index (χ0v) is 14.1. The largest absolute Gasteiger partial charge is 0.383 e. The molecular weight excluding hydrogens is 328 g/mol. The monoisotopic (exact) mass is 344 g/mol. The fourth-order valence-electron chi connectivity index (χ4n) is 2.74. The van der Waals surface area contributed by atoms with Crippen molar-refractivity contribution in [2.75, 3.05) is 5.73 Å². The lowest BCUT2D eigenvalue weighted by Crippen LogP contribution is -2.03. The van der Waals surface area contributed by atoms with E-state index in [1.807, 2.05) is 19.1 Å². The van der Waals surface area contributed by atoms with Gasteiger partial charge in [-0.25, -0.2) is 9.97 Å². The predicted molar refractivity (Wildman–Crippen MR) is 89.9 cm³/mol. The second kappa shape index (κ2) is 4.84. The second-order valence-electron chi connectivity index (χ2n) is 5.28. The maximum Gasteiger partial charge on any atom is 0.150 e. The van der Waals surface area contributed by atoms with Crippen molar-refractivity contribution >= 4 is 32.8 Å². The van der Waals surface area contributed by atoms with Crippen molar-refractivity contribution in [1.82, 2.24) is 14.5 Å². The number of anilines is 1. The van der Waals surface area contributed by atoms with E-state index in [4.69, 9.17) is 5.73 Å². The summed E-state index contributed by atoms with van der Waals surface area (Å²) in [6.07, 6.45) is 0. The molecule has 0 amide bonds. The Hall–Kier alpha value is -1.88. The van der Waals surface area contributed by atoms with Crippen molar-refractivity contribution in [3.8, 4) is 5.69 Å². The molecule has 108 valence electrons. The highest BCUT2D eigenvalue weighted by Gasteiger charge is 2.18. The van der Waals surface area contributed by atoms with Crippen LogP contribution in [-0.2, 0) is 0 Å². The summed E-state index contributed by atoms with van der Waals surface area (Å²) in [6, 6.07) is 6.17. The number of hydrogen-bond donors (Lipinski definition) is 1. The number of halogens is 1. The Morgan fingerprint density at radius 1 is 1.05 bits per heavy atom. The van der Waals surface area contributed by atoms with Gasteiger partial charge in [0.05, 0.1) is 11.1 Å². The van der Waals surface area contributed by atoms with Crippen molar-refractivity contribution in [3.63, 3.8) is 0 Å². The van der Waals surface area contributed by atoms with Crippen LogP contribution in [0.3, 0.4) is 0 Å². The van der Waals surface area contributed by atoms with E-state index in [0.29, 0.717) is 11.6 Å². The summed E-state index contributed by atoms with van der Waals surface area (Å²) in [5.41, 5.74) is 11.5. The van der Waals surface area contributed by atoms with Crippen LogP contribution in [0, 0.1) is 27.7 Å². The molecule has 0 saturated carbocycles. The molecule has 5 heteroatoms. The molecule has 0 aliphatic carbocycles. The first-order chi connectivity index (χ1) is 9.91. The molecule has 2 aromatic heterocycles. The molecule has 0 spiro atoms. The van der Waals surface area contributed by atoms with Gasteiger partial charge in [0.25, 0.3) is 0 Å². The van der Waals surface area contributed by atoms with Crippen molar-refractivity contribution in [2.24, 2.45) is 0 Å². The van der Waals surface area contributed by atoms with Crippen LogP contribution in [-0.4, -0.2) is 14.5 Å². The average molecular weight is 345 g/mol. The van der Waals surface area contributed by atoms with Crippen LogP contribution < -0.4 is 5.73 Å². The van der Waals surface area contributed by atoms with Gasteiger partial charge in [-0.05, 0) is 51.0 Å². The number of nitrogens with zero attached hydrogens (tertiary/aromatic N) is 3. The van der Waals surface area contributed by atoms with E-state index in [1.165, 1.54) is 5.56 Å². The zero-order valence-electron chi connectivity index (χ0n) is 12.5. The molecule has 0 aliphatic heterocycles. The maximum atomic E-state index is 6.11. The van der Waals surface area contributed by atoms with E-state index in [9.17, 15) is 0 Å². The van der Waals surface area contributed by atoms with Crippen molar-refractivity contribution in [2.45, 2.75) is 27.7 Å². The minimum absolute atomic E-state index is 0.546. The molecule has 0 unspecified atom stereocenters. The molecule has 0 fully saturated rings. The number of nitrogen functional groups attached to an aromatic ring is 1. The summed E-state index contributed by atoms with van der Waals surface area (Å²) in [4.78, 5) is 8.92. The van der Waals surface area contributed by atoms with Gasteiger partial charge >= 0.3 is 0 Å². The molecule has 0 saturated heterocycles. The summed E-state index contributed by atoms with van der Waals surface area (Å²) >= 11 is 3.60. The Labute approximate surface area is 132 Å². The van der Waals surface area contributed by atoms with Crippen molar-refractivity contribution in [1.29, 1.82) is 0 Å². The van der Waals surface area contributed by atoms with Crippen LogP contribution in [0.1, 0.15) is 22.6 Å². The Kier molecular flexibility index (Phi) is 3.24. The van der Waals surface area contributed by atoms with Crippen LogP contribution in [0.25, 0.3) is 16.7 Å². The Morgan fingerprint density at radius 2 is 1.76 bits per heavy atom. The molecule has 1 aromatic carbocycles. The molecule has 3 aromatic rings. The van der Waals surface area contributed by atoms with Crippen LogP contribution in [0.4, 0.5) is 5.82 Å². The van der Waals surface area contributed by atoms with Crippen LogP contribution in [0.5, 0.6) is 0 Å². The lowest BCUT2D eigenvalue weighted by Gasteiger charge is -2.12. The van der Waals surface area contributed by atoms with Crippen LogP contribution in [0.2, 0.25) is 0 Å². The highest BCUT2D eigenvalue weighted by Crippen LogP contribution is 2.33. The van der Waals surface area contributed by atoms with Gasteiger partial charge in [0.15, 0.2) is 5.65 Å². The van der Waals surface area contributed by atoms with Gasteiger partial charge in [0, 0.05) is 10.2 Å². The predicted octanol–water partition coefficient (Wildman–Crippen LogP) is 4.00. The lowest BCUT2D eigenvalue weighted by molar-refractivity contribution is 0.984. The summed E-state index contributed by atoms with van der Waals surface area (Å²) in [5, 5.41) is 0.942. The van der Waals surface area contributed by atoms with E-state index in [1.54, 1.807) is 0 Å². The molecule has 2 heterocycles. The third-order valence-electron chi connectivity index (χ3n) is 3.97. The van der Waals surface area contributed by atoms with Crippen molar-refractivity contribution in [3.05, 3.63) is 45.3 Å². The Bertz CT molecular complexity index is 865. The number of nitrogens with two attached hydrogens (primary N) is 1. The third-order valence-corrected chi connectivity index (χ3v) is 4.83. The molecule has 0 atom stereocenters. The number of hydrogen-bond acceptors (Lipinski definition) is 3. The van der Waals surface area contributed by atoms with Gasteiger partial charge in [-0.15, -0.1) is 0 Å². The standard InChI is InChI=1S/C16H17BrN4/c1-8-10(3)21(13-7-5-6-12(17)9(13)2)16-14(8)15(18)19-11(4)20-16/h5-7H,1-4H3,(H2,18,19,20). The summed E-state index contributed by atoms with van der Waals surface area (Å²) < 4.78 is 3.24.